The van der Waals surface area contributed by atoms with Crippen LogP contribution in [0.4, 0.5) is 8.78 Å². The van der Waals surface area contributed by atoms with Crippen LogP contribution in [0.25, 0.3) is 0 Å². The topological polar surface area (TPSA) is 89.3 Å². The predicted octanol–water partition coefficient (Wildman–Crippen LogP) is 2.32. The lowest BCUT2D eigenvalue weighted by molar-refractivity contribution is 0.0915. The number of rotatable bonds is 6. The summed E-state index contributed by atoms with van der Waals surface area (Å²) in [6, 6.07) is 4.38. The van der Waals surface area contributed by atoms with Gasteiger partial charge in [-0.1, -0.05) is 19.3 Å². The van der Waals surface area contributed by atoms with Crippen LogP contribution < -0.4 is 11.1 Å². The lowest BCUT2D eigenvalue weighted by Gasteiger charge is -2.30. The number of hydrogen-bond acceptors (Lipinski definition) is 4. The number of nitrogens with one attached hydrogen (secondary N) is 1. The molecule has 0 saturated heterocycles. The molecular weight excluding hydrogens is 338 g/mol. The second-order valence-corrected chi connectivity index (χ2v) is 7.96. The zero-order valence-electron chi connectivity index (χ0n) is 13.3. The van der Waals surface area contributed by atoms with E-state index < -0.39 is 20.5 Å². The van der Waals surface area contributed by atoms with E-state index in [1.165, 1.54) is 18.6 Å². The van der Waals surface area contributed by atoms with Crippen LogP contribution in [0.3, 0.4) is 0 Å². The maximum absolute atomic E-state index is 12.5. The van der Waals surface area contributed by atoms with E-state index in [9.17, 15) is 22.0 Å². The van der Waals surface area contributed by atoms with Crippen molar-refractivity contribution >= 4 is 15.7 Å². The van der Waals surface area contributed by atoms with E-state index in [2.05, 4.69) is 5.32 Å². The molecular formula is C16H22F2N2O3S. The zero-order chi connectivity index (χ0) is 17.7. The summed E-state index contributed by atoms with van der Waals surface area (Å²) < 4.78 is 47.8. The van der Waals surface area contributed by atoms with Gasteiger partial charge in [-0.15, -0.1) is 0 Å². The quantitative estimate of drug-likeness (QED) is 0.815. The highest BCUT2D eigenvalue weighted by atomic mass is 32.2. The summed E-state index contributed by atoms with van der Waals surface area (Å²) in [5, 5.41) is 2.87. The fourth-order valence-electron chi connectivity index (χ4n) is 3.06. The van der Waals surface area contributed by atoms with Crippen molar-refractivity contribution in [2.45, 2.75) is 48.8 Å². The van der Waals surface area contributed by atoms with Gasteiger partial charge in [-0.2, -0.15) is 8.78 Å². The van der Waals surface area contributed by atoms with Gasteiger partial charge >= 0.3 is 5.76 Å². The number of alkyl halides is 2. The van der Waals surface area contributed by atoms with Crippen LogP contribution in [0.1, 0.15) is 42.5 Å². The van der Waals surface area contributed by atoms with Crippen molar-refractivity contribution in [1.29, 1.82) is 0 Å². The van der Waals surface area contributed by atoms with E-state index in [-0.39, 0.29) is 17.5 Å². The number of sulfone groups is 1. The molecule has 8 heteroatoms. The summed E-state index contributed by atoms with van der Waals surface area (Å²) in [6.07, 6.45) is 5.48. The van der Waals surface area contributed by atoms with Gasteiger partial charge in [-0.3, -0.25) is 4.79 Å². The number of amides is 1. The molecule has 1 saturated carbocycles. The van der Waals surface area contributed by atoms with Crippen molar-refractivity contribution in [1.82, 2.24) is 5.32 Å². The van der Waals surface area contributed by atoms with E-state index in [4.69, 9.17) is 5.73 Å². The van der Waals surface area contributed by atoms with Crippen molar-refractivity contribution in [3.63, 3.8) is 0 Å². The molecule has 0 aromatic heterocycles. The number of carbonyl (C=O) groups is 1. The van der Waals surface area contributed by atoms with Gasteiger partial charge in [-0.05, 0) is 43.0 Å². The molecule has 134 valence electrons. The van der Waals surface area contributed by atoms with E-state index in [0.29, 0.717) is 12.5 Å². The number of benzene rings is 1. The Morgan fingerprint density at radius 3 is 2.25 bits per heavy atom. The number of halogens is 2. The Hall–Kier alpha value is -1.54. The van der Waals surface area contributed by atoms with Gasteiger partial charge < -0.3 is 11.1 Å². The molecule has 0 spiro atoms. The summed E-state index contributed by atoms with van der Waals surface area (Å²) in [5.41, 5.74) is 5.99. The summed E-state index contributed by atoms with van der Waals surface area (Å²) in [5.74, 6) is -3.52. The van der Waals surface area contributed by atoms with Crippen LogP contribution in [-0.2, 0) is 9.84 Å². The first-order chi connectivity index (χ1) is 11.4. The molecule has 1 aromatic carbocycles. The van der Waals surface area contributed by atoms with Gasteiger partial charge in [0.15, 0.2) is 0 Å². The maximum atomic E-state index is 12.5. The molecule has 24 heavy (non-hydrogen) atoms. The largest absolute Gasteiger partial charge is 0.348 e. The Morgan fingerprint density at radius 1 is 1.17 bits per heavy atom. The van der Waals surface area contributed by atoms with E-state index in [1.807, 2.05) is 0 Å². The van der Waals surface area contributed by atoms with Crippen molar-refractivity contribution in [2.75, 3.05) is 6.54 Å². The van der Waals surface area contributed by atoms with Crippen LogP contribution in [-0.4, -0.2) is 32.7 Å². The van der Waals surface area contributed by atoms with E-state index in [1.54, 1.807) is 0 Å². The smallest absolute Gasteiger partial charge is 0.341 e. The van der Waals surface area contributed by atoms with Crippen molar-refractivity contribution in [2.24, 2.45) is 11.7 Å². The minimum Gasteiger partial charge on any atom is -0.348 e. The second-order valence-electron chi connectivity index (χ2n) is 6.04. The minimum absolute atomic E-state index is 0.137. The standard InChI is InChI=1S/C16H22F2N2O3S/c17-16(18)24(22,23)13-8-6-12(7-9-13)15(21)20-14(10-19)11-4-2-1-3-5-11/h6-9,11,14,16H,1-5,10,19H2,(H,20,21). The molecule has 1 fully saturated rings. The molecule has 1 aromatic rings. The van der Waals surface area contributed by atoms with Gasteiger partial charge in [0.25, 0.3) is 5.91 Å². The van der Waals surface area contributed by atoms with Gasteiger partial charge in [0.05, 0.1) is 4.90 Å². The molecule has 1 atom stereocenters. The molecule has 1 amide bonds. The summed E-state index contributed by atoms with van der Waals surface area (Å²) >= 11 is 0. The molecule has 3 N–H and O–H groups in total. The molecule has 0 radical (unpaired) electrons. The highest BCUT2D eigenvalue weighted by Gasteiger charge is 2.27. The molecule has 0 heterocycles. The van der Waals surface area contributed by atoms with Gasteiger partial charge in [0, 0.05) is 18.2 Å². The summed E-state index contributed by atoms with van der Waals surface area (Å²) in [4.78, 5) is 11.8. The number of carbonyl (C=O) groups excluding carboxylic acids is 1. The molecule has 5 nitrogen and oxygen atoms in total. The lowest BCUT2D eigenvalue weighted by Crippen LogP contribution is -2.45. The van der Waals surface area contributed by atoms with Crippen LogP contribution >= 0.6 is 0 Å². The van der Waals surface area contributed by atoms with Crippen LogP contribution in [0, 0.1) is 5.92 Å². The first-order valence-electron chi connectivity index (χ1n) is 7.99. The first kappa shape index (κ1) is 18.8. The maximum Gasteiger partial charge on any atom is 0.341 e. The van der Waals surface area contributed by atoms with Crippen LogP contribution in [0.2, 0.25) is 0 Å². The SMILES string of the molecule is NCC(NC(=O)c1ccc(S(=O)(=O)C(F)F)cc1)C1CCCCC1. The fourth-order valence-corrected chi connectivity index (χ4v) is 3.78. The van der Waals surface area contributed by atoms with Crippen LogP contribution in [0.15, 0.2) is 29.2 Å². The Labute approximate surface area is 140 Å². The van der Waals surface area contributed by atoms with Crippen molar-refractivity contribution in [3.05, 3.63) is 29.8 Å². The van der Waals surface area contributed by atoms with Gasteiger partial charge in [-0.25, -0.2) is 8.42 Å². The average Bonchev–Trinajstić information content (AvgIpc) is 2.60. The van der Waals surface area contributed by atoms with Gasteiger partial charge in [0.1, 0.15) is 0 Å². The Bertz CT molecular complexity index is 656. The first-order valence-corrected chi connectivity index (χ1v) is 9.54. The van der Waals surface area contributed by atoms with Crippen molar-refractivity contribution in [3.8, 4) is 0 Å². The fraction of sp³-hybridized carbons (Fsp3) is 0.562. The normalized spacial score (nSPS) is 17.7. The zero-order valence-corrected chi connectivity index (χ0v) is 14.1. The third kappa shape index (κ3) is 4.30. The van der Waals surface area contributed by atoms with E-state index in [0.717, 1.165) is 37.8 Å². The molecule has 2 rings (SSSR count). The Balaban J connectivity index is 2.06. The van der Waals surface area contributed by atoms with Crippen molar-refractivity contribution < 1.29 is 22.0 Å². The third-order valence-corrected chi connectivity index (χ3v) is 5.87. The molecule has 1 aliphatic carbocycles. The van der Waals surface area contributed by atoms with E-state index >= 15 is 0 Å². The third-order valence-electron chi connectivity index (χ3n) is 4.47. The van der Waals surface area contributed by atoms with Crippen LogP contribution in [0.5, 0.6) is 0 Å². The Morgan fingerprint density at radius 2 is 1.75 bits per heavy atom. The lowest BCUT2D eigenvalue weighted by atomic mass is 9.84. The highest BCUT2D eigenvalue weighted by molar-refractivity contribution is 7.91. The number of nitrogens with two attached hydrogens (primary N) is 1. The monoisotopic (exact) mass is 360 g/mol. The van der Waals surface area contributed by atoms with Gasteiger partial charge in [0.2, 0.25) is 9.84 Å². The molecule has 1 aliphatic rings. The minimum atomic E-state index is -4.65. The summed E-state index contributed by atoms with van der Waals surface area (Å²) in [7, 11) is -4.65. The number of hydrogen-bond donors (Lipinski definition) is 2. The summed E-state index contributed by atoms with van der Waals surface area (Å²) in [6.45, 7) is 0.328. The highest BCUT2D eigenvalue weighted by Crippen LogP contribution is 2.26. The average molecular weight is 360 g/mol. The molecule has 1 unspecified atom stereocenters. The predicted molar refractivity (Wildman–Crippen MR) is 86.5 cm³/mol. The molecule has 0 bridgehead atoms. The molecule has 0 aliphatic heterocycles. The second kappa shape index (κ2) is 8.02. The Kier molecular flexibility index (Phi) is 6.28.